The maximum atomic E-state index is 10.1. The van der Waals surface area contributed by atoms with Crippen LogP contribution in [0.1, 0.15) is 0 Å². The minimum Gasteiger partial charge on any atom is -0.465 e. The van der Waals surface area contributed by atoms with Crippen molar-refractivity contribution in [3.63, 3.8) is 0 Å². The summed E-state index contributed by atoms with van der Waals surface area (Å²) in [5, 5.41) is 13.6. The highest BCUT2D eigenvalue weighted by Crippen LogP contribution is 2.10. The normalized spacial score (nSPS) is 8.25. The fraction of sp³-hybridized carbons (Fsp3) is 0.222. The van der Waals surface area contributed by atoms with Gasteiger partial charge in [-0.15, -0.1) is 24.8 Å². The average Bonchev–Trinajstić information content (AvgIpc) is 2.12. The number of hydrogen-bond donors (Lipinski definition) is 4. The molecule has 0 bridgehead atoms. The molecule has 0 aliphatic carbocycles. The van der Waals surface area contributed by atoms with Crippen molar-refractivity contribution in [3.05, 3.63) is 24.3 Å². The van der Waals surface area contributed by atoms with E-state index in [0.717, 1.165) is 5.69 Å². The van der Waals surface area contributed by atoms with E-state index in [2.05, 4.69) is 10.6 Å². The number of amides is 1. The van der Waals surface area contributed by atoms with Crippen molar-refractivity contribution in [2.24, 2.45) is 0 Å². The lowest BCUT2D eigenvalue weighted by Gasteiger charge is -2.06. The lowest BCUT2D eigenvalue weighted by atomic mass is 10.3. The minimum absolute atomic E-state index is 0. The summed E-state index contributed by atoms with van der Waals surface area (Å²) in [7, 11) is 0. The van der Waals surface area contributed by atoms with Crippen molar-refractivity contribution < 1.29 is 9.90 Å². The van der Waals surface area contributed by atoms with Crippen LogP contribution < -0.4 is 16.4 Å². The Hall–Kier alpha value is -1.33. The van der Waals surface area contributed by atoms with Crippen LogP contribution in [-0.2, 0) is 0 Å². The Morgan fingerprint density at radius 3 is 2.56 bits per heavy atom. The molecule has 0 spiro atoms. The van der Waals surface area contributed by atoms with E-state index in [9.17, 15) is 4.79 Å². The summed E-state index contributed by atoms with van der Waals surface area (Å²) in [6, 6.07) is 7.29. The SMILES string of the molecule is Cl.Cl.Nc1cccc(NCCNC(=O)O)c1. The molecule has 1 aromatic carbocycles. The molecule has 7 heteroatoms. The van der Waals surface area contributed by atoms with E-state index >= 15 is 0 Å². The molecule has 92 valence electrons. The van der Waals surface area contributed by atoms with E-state index in [-0.39, 0.29) is 24.8 Å². The summed E-state index contributed by atoms with van der Waals surface area (Å²) in [5.74, 6) is 0. The molecular formula is C9H15Cl2N3O2. The summed E-state index contributed by atoms with van der Waals surface area (Å²) >= 11 is 0. The average molecular weight is 268 g/mol. The maximum absolute atomic E-state index is 10.1. The molecule has 0 unspecified atom stereocenters. The largest absolute Gasteiger partial charge is 0.465 e. The summed E-state index contributed by atoms with van der Waals surface area (Å²) in [5.41, 5.74) is 7.13. The first-order valence-electron chi connectivity index (χ1n) is 4.24. The smallest absolute Gasteiger partial charge is 0.404 e. The molecule has 0 aliphatic heterocycles. The van der Waals surface area contributed by atoms with Gasteiger partial charge >= 0.3 is 6.09 Å². The molecular weight excluding hydrogens is 253 g/mol. The lowest BCUT2D eigenvalue weighted by molar-refractivity contribution is 0.195. The van der Waals surface area contributed by atoms with E-state index in [4.69, 9.17) is 10.8 Å². The number of nitrogens with one attached hydrogen (secondary N) is 2. The Labute approximate surface area is 106 Å². The van der Waals surface area contributed by atoms with Crippen LogP contribution in [0.2, 0.25) is 0 Å². The second-order valence-corrected chi connectivity index (χ2v) is 2.78. The van der Waals surface area contributed by atoms with Crippen LogP contribution in [-0.4, -0.2) is 24.3 Å². The zero-order valence-corrected chi connectivity index (χ0v) is 10.1. The highest BCUT2D eigenvalue weighted by Gasteiger charge is 1.94. The summed E-state index contributed by atoms with van der Waals surface area (Å²) < 4.78 is 0. The van der Waals surface area contributed by atoms with Crippen molar-refractivity contribution in [2.45, 2.75) is 0 Å². The van der Waals surface area contributed by atoms with Gasteiger partial charge in [-0.1, -0.05) is 6.07 Å². The predicted octanol–water partition coefficient (Wildman–Crippen LogP) is 1.79. The quantitative estimate of drug-likeness (QED) is 0.495. The molecule has 0 atom stereocenters. The van der Waals surface area contributed by atoms with Gasteiger partial charge in [0.15, 0.2) is 0 Å². The first kappa shape index (κ1) is 17.1. The van der Waals surface area contributed by atoms with E-state index in [1.807, 2.05) is 12.1 Å². The molecule has 1 aromatic rings. The van der Waals surface area contributed by atoms with Crippen LogP contribution in [0.4, 0.5) is 16.2 Å². The second kappa shape index (κ2) is 8.94. The number of benzene rings is 1. The number of hydrogen-bond acceptors (Lipinski definition) is 3. The van der Waals surface area contributed by atoms with Gasteiger partial charge in [0.1, 0.15) is 0 Å². The van der Waals surface area contributed by atoms with Crippen molar-refractivity contribution in [1.29, 1.82) is 0 Å². The molecule has 0 aromatic heterocycles. The van der Waals surface area contributed by atoms with Crippen molar-refractivity contribution in [1.82, 2.24) is 5.32 Å². The first-order chi connectivity index (χ1) is 6.68. The van der Waals surface area contributed by atoms with E-state index in [0.29, 0.717) is 18.8 Å². The van der Waals surface area contributed by atoms with Crippen LogP contribution in [0.3, 0.4) is 0 Å². The highest BCUT2D eigenvalue weighted by atomic mass is 35.5. The van der Waals surface area contributed by atoms with Gasteiger partial charge in [0.25, 0.3) is 0 Å². The molecule has 1 rings (SSSR count). The summed E-state index contributed by atoms with van der Waals surface area (Å²) in [6.45, 7) is 0.903. The Morgan fingerprint density at radius 1 is 1.31 bits per heavy atom. The number of carbonyl (C=O) groups is 1. The van der Waals surface area contributed by atoms with Gasteiger partial charge in [-0.25, -0.2) is 4.79 Å². The topological polar surface area (TPSA) is 87.4 Å². The van der Waals surface area contributed by atoms with Gasteiger partial charge in [-0.2, -0.15) is 0 Å². The third-order valence-corrected chi connectivity index (χ3v) is 1.62. The lowest BCUT2D eigenvalue weighted by Crippen LogP contribution is -2.26. The maximum Gasteiger partial charge on any atom is 0.404 e. The Kier molecular flexibility index (Phi) is 9.54. The third-order valence-electron chi connectivity index (χ3n) is 1.62. The second-order valence-electron chi connectivity index (χ2n) is 2.78. The molecule has 0 radical (unpaired) electrons. The molecule has 0 fully saturated rings. The van der Waals surface area contributed by atoms with E-state index in [1.54, 1.807) is 12.1 Å². The summed E-state index contributed by atoms with van der Waals surface area (Å²) in [6.07, 6.45) is -1.01. The number of rotatable bonds is 4. The van der Waals surface area contributed by atoms with E-state index in [1.165, 1.54) is 0 Å². The van der Waals surface area contributed by atoms with Gasteiger partial charge in [0.05, 0.1) is 0 Å². The zero-order valence-electron chi connectivity index (χ0n) is 8.47. The van der Waals surface area contributed by atoms with Gasteiger partial charge < -0.3 is 21.5 Å². The van der Waals surface area contributed by atoms with Crippen LogP contribution in [0.5, 0.6) is 0 Å². The fourth-order valence-electron chi connectivity index (χ4n) is 1.02. The standard InChI is InChI=1S/C9H13N3O2.2ClH/c10-7-2-1-3-8(6-7)11-4-5-12-9(13)14;;/h1-3,6,11-12H,4-5,10H2,(H,13,14);2*1H. The van der Waals surface area contributed by atoms with Gasteiger partial charge in [-0.3, -0.25) is 0 Å². The van der Waals surface area contributed by atoms with Gasteiger partial charge in [0, 0.05) is 24.5 Å². The number of carboxylic acid groups (broad SMARTS) is 1. The molecule has 0 saturated carbocycles. The van der Waals surface area contributed by atoms with E-state index < -0.39 is 6.09 Å². The number of nitrogens with two attached hydrogens (primary N) is 1. The summed E-state index contributed by atoms with van der Waals surface area (Å²) in [4.78, 5) is 10.1. The molecule has 16 heavy (non-hydrogen) atoms. The molecule has 0 saturated heterocycles. The van der Waals surface area contributed by atoms with Crippen molar-refractivity contribution in [3.8, 4) is 0 Å². The fourth-order valence-corrected chi connectivity index (χ4v) is 1.02. The van der Waals surface area contributed by atoms with Crippen molar-refractivity contribution >= 4 is 42.3 Å². The minimum atomic E-state index is -1.01. The highest BCUT2D eigenvalue weighted by molar-refractivity contribution is 5.85. The molecule has 0 aliphatic rings. The third kappa shape index (κ3) is 7.03. The van der Waals surface area contributed by atoms with Crippen molar-refractivity contribution in [2.75, 3.05) is 24.1 Å². The molecule has 0 heterocycles. The van der Waals surface area contributed by atoms with Gasteiger partial charge in [-0.05, 0) is 18.2 Å². The van der Waals surface area contributed by atoms with Crippen LogP contribution >= 0.6 is 24.8 Å². The number of nitrogen functional groups attached to an aromatic ring is 1. The molecule has 1 amide bonds. The zero-order chi connectivity index (χ0) is 10.4. The number of halogens is 2. The van der Waals surface area contributed by atoms with Gasteiger partial charge in [0.2, 0.25) is 0 Å². The Balaban J connectivity index is 0. The molecule has 5 nitrogen and oxygen atoms in total. The van der Waals surface area contributed by atoms with Crippen LogP contribution in [0.25, 0.3) is 0 Å². The Morgan fingerprint density at radius 2 is 2.00 bits per heavy atom. The monoisotopic (exact) mass is 267 g/mol. The number of anilines is 2. The predicted molar refractivity (Wildman–Crippen MR) is 69.9 cm³/mol. The first-order valence-corrected chi connectivity index (χ1v) is 4.24. The van der Waals surface area contributed by atoms with Crippen LogP contribution in [0, 0.1) is 0 Å². The molecule has 5 N–H and O–H groups in total. The van der Waals surface area contributed by atoms with Crippen LogP contribution in [0.15, 0.2) is 24.3 Å². The Bertz CT molecular complexity index is 323.